The lowest BCUT2D eigenvalue weighted by Gasteiger charge is -2.43. The fraction of sp³-hybridized carbons (Fsp3) is 0.579. The van der Waals surface area contributed by atoms with Crippen molar-refractivity contribution in [1.29, 1.82) is 0 Å². The third kappa shape index (κ3) is 4.10. The van der Waals surface area contributed by atoms with Gasteiger partial charge in [0.15, 0.2) is 5.65 Å². The lowest BCUT2D eigenvalue weighted by molar-refractivity contribution is -0.135. The number of nitrogens with one attached hydrogen (secondary N) is 2. The van der Waals surface area contributed by atoms with E-state index in [1.54, 1.807) is 6.20 Å². The van der Waals surface area contributed by atoms with Crippen molar-refractivity contribution in [2.24, 2.45) is 0 Å². The van der Waals surface area contributed by atoms with E-state index in [0.717, 1.165) is 49.9 Å². The summed E-state index contributed by atoms with van der Waals surface area (Å²) in [5.41, 5.74) is 1.34. The number of aromatic nitrogens is 3. The van der Waals surface area contributed by atoms with Gasteiger partial charge in [-0.15, -0.1) is 0 Å². The maximum absolute atomic E-state index is 13.1. The zero-order valence-electron chi connectivity index (χ0n) is 15.5. The molecule has 0 spiro atoms. The number of amides is 1. The molecule has 0 bridgehead atoms. The van der Waals surface area contributed by atoms with Gasteiger partial charge in [0.05, 0.1) is 12.2 Å². The topological polar surface area (TPSA) is 111 Å². The Labute approximate surface area is 158 Å². The summed E-state index contributed by atoms with van der Waals surface area (Å²) in [7, 11) is 0. The summed E-state index contributed by atoms with van der Waals surface area (Å²) in [5.74, 6) is 0.191. The van der Waals surface area contributed by atoms with E-state index in [1.807, 2.05) is 12.1 Å². The SMILES string of the molecule is O=C(NCc1[nH]nc2ncccc12)C1(N2CCCC2)CCCCC1.O=CO. The monoisotopic (exact) mass is 373 g/mol. The second kappa shape index (κ2) is 8.94. The molecule has 4 rings (SSSR count). The van der Waals surface area contributed by atoms with Gasteiger partial charge < -0.3 is 10.4 Å². The number of hydrogen-bond acceptors (Lipinski definition) is 5. The van der Waals surface area contributed by atoms with Gasteiger partial charge in [0.2, 0.25) is 5.91 Å². The number of carbonyl (C=O) groups excluding carboxylic acids is 1. The van der Waals surface area contributed by atoms with Gasteiger partial charge in [0.1, 0.15) is 5.54 Å². The highest BCUT2D eigenvalue weighted by molar-refractivity contribution is 5.87. The molecule has 2 aromatic heterocycles. The van der Waals surface area contributed by atoms with Crippen LogP contribution in [0.4, 0.5) is 0 Å². The molecular weight excluding hydrogens is 346 g/mol. The third-order valence-electron chi connectivity index (χ3n) is 5.65. The Morgan fingerprint density at radius 1 is 1.26 bits per heavy atom. The van der Waals surface area contributed by atoms with Gasteiger partial charge in [-0.1, -0.05) is 19.3 Å². The lowest BCUT2D eigenvalue weighted by atomic mass is 9.79. The second-order valence-electron chi connectivity index (χ2n) is 7.15. The Morgan fingerprint density at radius 2 is 1.96 bits per heavy atom. The van der Waals surface area contributed by atoms with Gasteiger partial charge in [0, 0.05) is 11.6 Å². The van der Waals surface area contributed by atoms with Crippen LogP contribution < -0.4 is 5.32 Å². The van der Waals surface area contributed by atoms with Crippen LogP contribution in [0.2, 0.25) is 0 Å². The van der Waals surface area contributed by atoms with Gasteiger partial charge in [-0.3, -0.25) is 19.6 Å². The van der Waals surface area contributed by atoms with E-state index >= 15 is 0 Å². The number of rotatable bonds is 4. The second-order valence-corrected chi connectivity index (χ2v) is 7.15. The van der Waals surface area contributed by atoms with Crippen LogP contribution in [0, 0.1) is 0 Å². The Hall–Kier alpha value is -2.48. The average molecular weight is 373 g/mol. The van der Waals surface area contributed by atoms with Crippen molar-refractivity contribution < 1.29 is 14.7 Å². The molecule has 0 unspecified atom stereocenters. The van der Waals surface area contributed by atoms with Crippen molar-refractivity contribution in [3.05, 3.63) is 24.0 Å². The molecule has 1 aliphatic heterocycles. The first-order valence-electron chi connectivity index (χ1n) is 9.60. The summed E-state index contributed by atoms with van der Waals surface area (Å²) in [6.07, 6.45) is 9.70. The standard InChI is InChI=1S/C18H25N5O.CH2O2/c24-17(18(8-2-1-3-9-18)23-11-4-5-12-23)20-13-15-14-7-6-10-19-16(14)22-21-15;2-1-3/h6-7,10H,1-5,8-9,11-13H2,(H,20,24)(H,19,21,22);1H,(H,2,3). The van der Waals surface area contributed by atoms with Crippen LogP contribution in [-0.4, -0.2) is 56.2 Å². The molecule has 3 N–H and O–H groups in total. The molecule has 1 saturated heterocycles. The number of H-pyrrole nitrogens is 1. The predicted octanol–water partition coefficient (Wildman–Crippen LogP) is 2.07. The quantitative estimate of drug-likeness (QED) is 0.708. The molecule has 3 heterocycles. The van der Waals surface area contributed by atoms with Crippen LogP contribution >= 0.6 is 0 Å². The van der Waals surface area contributed by atoms with Gasteiger partial charge in [-0.05, 0) is 50.9 Å². The molecule has 27 heavy (non-hydrogen) atoms. The normalized spacial score (nSPS) is 19.3. The number of pyridine rings is 1. The van der Waals surface area contributed by atoms with Crippen molar-refractivity contribution in [1.82, 2.24) is 25.4 Å². The summed E-state index contributed by atoms with van der Waals surface area (Å²) in [4.78, 5) is 28.2. The zero-order chi connectivity index (χ0) is 19.1. The Morgan fingerprint density at radius 3 is 2.67 bits per heavy atom. The number of carbonyl (C=O) groups is 2. The molecule has 8 heteroatoms. The maximum Gasteiger partial charge on any atom is 0.290 e. The van der Waals surface area contributed by atoms with Crippen molar-refractivity contribution in [3.8, 4) is 0 Å². The summed E-state index contributed by atoms with van der Waals surface area (Å²) in [6.45, 7) is 2.35. The summed E-state index contributed by atoms with van der Waals surface area (Å²) in [5, 5.41) is 18.3. The number of likely N-dealkylation sites (tertiary alicyclic amines) is 1. The summed E-state index contributed by atoms with van der Waals surface area (Å²) >= 11 is 0. The van der Waals surface area contributed by atoms with Gasteiger partial charge >= 0.3 is 0 Å². The van der Waals surface area contributed by atoms with E-state index in [-0.39, 0.29) is 17.9 Å². The van der Waals surface area contributed by atoms with Crippen LogP contribution in [0.25, 0.3) is 11.0 Å². The molecule has 1 saturated carbocycles. The first kappa shape index (κ1) is 19.3. The molecule has 1 amide bonds. The Kier molecular flexibility index (Phi) is 6.39. The fourth-order valence-electron chi connectivity index (χ4n) is 4.34. The van der Waals surface area contributed by atoms with E-state index in [1.165, 1.54) is 19.3 Å². The average Bonchev–Trinajstić information content (AvgIpc) is 3.38. The number of nitrogens with zero attached hydrogens (tertiary/aromatic N) is 3. The van der Waals surface area contributed by atoms with Crippen LogP contribution in [0.1, 0.15) is 50.6 Å². The van der Waals surface area contributed by atoms with Gasteiger partial charge in [0.25, 0.3) is 6.47 Å². The summed E-state index contributed by atoms with van der Waals surface area (Å²) < 4.78 is 0. The smallest absolute Gasteiger partial charge is 0.290 e. The third-order valence-corrected chi connectivity index (χ3v) is 5.65. The van der Waals surface area contributed by atoms with E-state index in [4.69, 9.17) is 9.90 Å². The molecule has 2 fully saturated rings. The maximum atomic E-state index is 13.1. The molecular formula is C19H27N5O3. The lowest BCUT2D eigenvalue weighted by Crippen LogP contribution is -2.58. The molecule has 1 aliphatic carbocycles. The Bertz CT molecular complexity index is 764. The Balaban J connectivity index is 0.000000659. The van der Waals surface area contributed by atoms with E-state index in [0.29, 0.717) is 12.2 Å². The molecule has 0 atom stereocenters. The number of aromatic amines is 1. The zero-order valence-corrected chi connectivity index (χ0v) is 15.5. The minimum Gasteiger partial charge on any atom is -0.483 e. The highest BCUT2D eigenvalue weighted by Gasteiger charge is 2.45. The number of fused-ring (bicyclic) bond motifs is 1. The van der Waals surface area contributed by atoms with Crippen molar-refractivity contribution in [3.63, 3.8) is 0 Å². The molecule has 2 aliphatic rings. The van der Waals surface area contributed by atoms with Crippen molar-refractivity contribution in [2.75, 3.05) is 13.1 Å². The van der Waals surface area contributed by atoms with Gasteiger partial charge in [-0.2, -0.15) is 5.10 Å². The van der Waals surface area contributed by atoms with Crippen LogP contribution in [0.15, 0.2) is 18.3 Å². The highest BCUT2D eigenvalue weighted by atomic mass is 16.3. The van der Waals surface area contributed by atoms with E-state index in [2.05, 4.69) is 25.4 Å². The minimum absolute atomic E-state index is 0.191. The van der Waals surface area contributed by atoms with Crippen LogP contribution in [0.3, 0.4) is 0 Å². The highest BCUT2D eigenvalue weighted by Crippen LogP contribution is 2.36. The molecule has 8 nitrogen and oxygen atoms in total. The van der Waals surface area contributed by atoms with Crippen LogP contribution in [0.5, 0.6) is 0 Å². The largest absolute Gasteiger partial charge is 0.483 e. The van der Waals surface area contributed by atoms with Crippen molar-refractivity contribution in [2.45, 2.75) is 57.0 Å². The fourth-order valence-corrected chi connectivity index (χ4v) is 4.34. The predicted molar refractivity (Wildman–Crippen MR) is 101 cm³/mol. The molecule has 146 valence electrons. The van der Waals surface area contributed by atoms with E-state index < -0.39 is 0 Å². The molecule has 0 radical (unpaired) electrons. The summed E-state index contributed by atoms with van der Waals surface area (Å²) in [6, 6.07) is 3.89. The van der Waals surface area contributed by atoms with Gasteiger partial charge in [-0.25, -0.2) is 4.98 Å². The van der Waals surface area contributed by atoms with Crippen LogP contribution in [-0.2, 0) is 16.1 Å². The minimum atomic E-state index is -0.289. The molecule has 0 aromatic carbocycles. The first-order valence-corrected chi connectivity index (χ1v) is 9.60. The number of hydrogen-bond donors (Lipinski definition) is 3. The number of carboxylic acid groups (broad SMARTS) is 1. The van der Waals surface area contributed by atoms with E-state index in [9.17, 15) is 4.79 Å². The first-order chi connectivity index (χ1) is 13.2. The van der Waals surface area contributed by atoms with Crippen molar-refractivity contribution >= 4 is 23.4 Å². The molecule has 2 aromatic rings.